The topological polar surface area (TPSA) is 48.4 Å². The van der Waals surface area contributed by atoms with E-state index in [-0.39, 0.29) is 0 Å². The average Bonchev–Trinajstić information content (AvgIpc) is 2.18. The van der Waals surface area contributed by atoms with Crippen LogP contribution in [0.25, 0.3) is 0 Å². The minimum absolute atomic E-state index is 0.325. The second-order valence-electron chi connectivity index (χ2n) is 2.65. The lowest BCUT2D eigenvalue weighted by Crippen LogP contribution is -2.14. The van der Waals surface area contributed by atoms with Gasteiger partial charge in [-0.15, -0.1) is 0 Å². The molecule has 1 heterocycles. The summed E-state index contributed by atoms with van der Waals surface area (Å²) in [6.45, 7) is 4.18. The van der Waals surface area contributed by atoms with Gasteiger partial charge in [0.25, 0.3) is 0 Å². The second kappa shape index (κ2) is 5.75. The third kappa shape index (κ3) is 3.38. The Labute approximate surface area is 97.7 Å². The van der Waals surface area contributed by atoms with Gasteiger partial charge in [-0.2, -0.15) is 0 Å². The Bertz CT molecular complexity index is 362. The Hall–Kier alpha value is -0.220. The molecule has 0 unspecified atom stereocenters. The molecule has 4 nitrogen and oxygen atoms in total. The number of hydrogen-bond acceptors (Lipinski definition) is 4. The molecular formula is C9H13BrNO3P. The standard InChI is InChI=1S/C9H13BrNO3P/c1-3-13-15(12,14-4-2)9-7-5-6-8(10)11-9/h5-7H,3-4H2,1-2H3. The van der Waals surface area contributed by atoms with Gasteiger partial charge >= 0.3 is 7.60 Å². The van der Waals surface area contributed by atoms with Crippen LogP contribution >= 0.6 is 23.5 Å². The number of aromatic nitrogens is 1. The fraction of sp³-hybridized carbons (Fsp3) is 0.444. The molecule has 1 aromatic heterocycles. The molecular weight excluding hydrogens is 281 g/mol. The minimum atomic E-state index is -3.24. The smallest absolute Gasteiger partial charge is 0.304 e. The highest BCUT2D eigenvalue weighted by molar-refractivity contribution is 9.10. The lowest BCUT2D eigenvalue weighted by Gasteiger charge is -2.15. The van der Waals surface area contributed by atoms with Crippen molar-refractivity contribution in [3.05, 3.63) is 22.8 Å². The van der Waals surface area contributed by atoms with Crippen LogP contribution in [0.4, 0.5) is 0 Å². The van der Waals surface area contributed by atoms with Gasteiger partial charge in [0.2, 0.25) is 0 Å². The van der Waals surface area contributed by atoms with E-state index in [2.05, 4.69) is 20.9 Å². The van der Waals surface area contributed by atoms with Crippen molar-refractivity contribution in [1.29, 1.82) is 0 Å². The summed E-state index contributed by atoms with van der Waals surface area (Å²) in [7, 11) is -3.24. The molecule has 0 fully saturated rings. The van der Waals surface area contributed by atoms with Gasteiger partial charge in [0, 0.05) is 0 Å². The Balaban J connectivity index is 3.03. The van der Waals surface area contributed by atoms with E-state index in [1.165, 1.54) is 0 Å². The Kier molecular flexibility index (Phi) is 4.93. The van der Waals surface area contributed by atoms with Crippen LogP contribution in [-0.2, 0) is 13.6 Å². The van der Waals surface area contributed by atoms with Gasteiger partial charge in [0.05, 0.1) is 13.2 Å². The van der Waals surface area contributed by atoms with Crippen LogP contribution in [0.3, 0.4) is 0 Å². The van der Waals surface area contributed by atoms with E-state index in [1.54, 1.807) is 32.0 Å². The minimum Gasteiger partial charge on any atom is -0.304 e. The van der Waals surface area contributed by atoms with E-state index in [0.29, 0.717) is 23.3 Å². The number of pyridine rings is 1. The van der Waals surface area contributed by atoms with Crippen molar-refractivity contribution in [3.8, 4) is 0 Å². The molecule has 0 saturated heterocycles. The lowest BCUT2D eigenvalue weighted by atomic mass is 10.5. The molecule has 0 radical (unpaired) electrons. The van der Waals surface area contributed by atoms with Crippen molar-refractivity contribution in [2.75, 3.05) is 13.2 Å². The van der Waals surface area contributed by atoms with Crippen molar-refractivity contribution in [3.63, 3.8) is 0 Å². The van der Waals surface area contributed by atoms with Crippen LogP contribution < -0.4 is 5.44 Å². The zero-order chi connectivity index (χ0) is 11.3. The Morgan fingerprint density at radius 1 is 1.33 bits per heavy atom. The highest BCUT2D eigenvalue weighted by atomic mass is 79.9. The predicted octanol–water partition coefficient (Wildman–Crippen LogP) is 2.74. The van der Waals surface area contributed by atoms with Crippen LogP contribution in [0, 0.1) is 0 Å². The molecule has 0 aliphatic carbocycles. The Morgan fingerprint density at radius 2 is 1.93 bits per heavy atom. The number of rotatable bonds is 5. The summed E-state index contributed by atoms with van der Waals surface area (Å²) in [5, 5.41) is 0. The Morgan fingerprint density at radius 3 is 2.40 bits per heavy atom. The average molecular weight is 294 g/mol. The van der Waals surface area contributed by atoms with E-state index in [4.69, 9.17) is 9.05 Å². The lowest BCUT2D eigenvalue weighted by molar-refractivity contribution is 0.229. The van der Waals surface area contributed by atoms with Crippen LogP contribution in [-0.4, -0.2) is 18.2 Å². The van der Waals surface area contributed by atoms with E-state index in [9.17, 15) is 4.57 Å². The quantitative estimate of drug-likeness (QED) is 0.619. The fourth-order valence-corrected chi connectivity index (χ4v) is 3.06. The van der Waals surface area contributed by atoms with E-state index >= 15 is 0 Å². The van der Waals surface area contributed by atoms with E-state index in [0.717, 1.165) is 0 Å². The molecule has 0 aliphatic heterocycles. The highest BCUT2D eigenvalue weighted by Crippen LogP contribution is 2.46. The first-order chi connectivity index (χ1) is 7.12. The summed E-state index contributed by atoms with van der Waals surface area (Å²) in [4.78, 5) is 4.09. The first kappa shape index (κ1) is 12.8. The van der Waals surface area contributed by atoms with Crippen molar-refractivity contribution in [1.82, 2.24) is 4.98 Å². The number of nitrogens with zero attached hydrogens (tertiary/aromatic N) is 1. The maximum absolute atomic E-state index is 12.2. The molecule has 0 aliphatic rings. The van der Waals surface area contributed by atoms with Crippen molar-refractivity contribution >= 4 is 29.0 Å². The van der Waals surface area contributed by atoms with E-state index < -0.39 is 7.60 Å². The van der Waals surface area contributed by atoms with Crippen LogP contribution in [0.15, 0.2) is 22.8 Å². The molecule has 6 heteroatoms. The first-order valence-electron chi connectivity index (χ1n) is 4.64. The molecule has 0 bridgehead atoms. The molecule has 0 amide bonds. The molecule has 1 aromatic rings. The number of hydrogen-bond donors (Lipinski definition) is 0. The summed E-state index contributed by atoms with van der Waals surface area (Å²) in [5.74, 6) is 0. The maximum atomic E-state index is 12.2. The molecule has 0 N–H and O–H groups in total. The molecule has 0 aromatic carbocycles. The first-order valence-corrected chi connectivity index (χ1v) is 6.98. The second-order valence-corrected chi connectivity index (χ2v) is 5.43. The van der Waals surface area contributed by atoms with Gasteiger partial charge in [-0.1, -0.05) is 6.07 Å². The van der Waals surface area contributed by atoms with Crippen LogP contribution in [0.5, 0.6) is 0 Å². The number of halogens is 1. The molecule has 15 heavy (non-hydrogen) atoms. The SMILES string of the molecule is CCOP(=O)(OCC)c1cccc(Br)n1. The summed E-state index contributed by atoms with van der Waals surface area (Å²) < 4.78 is 23.2. The van der Waals surface area contributed by atoms with Crippen molar-refractivity contribution in [2.24, 2.45) is 0 Å². The molecule has 0 atom stereocenters. The zero-order valence-electron chi connectivity index (χ0n) is 8.64. The van der Waals surface area contributed by atoms with Crippen molar-refractivity contribution in [2.45, 2.75) is 13.8 Å². The summed E-state index contributed by atoms with van der Waals surface area (Å²) >= 11 is 3.21. The third-order valence-corrected chi connectivity index (χ3v) is 4.03. The molecule has 1 rings (SSSR count). The van der Waals surface area contributed by atoms with Crippen LogP contribution in [0.1, 0.15) is 13.8 Å². The summed E-state index contributed by atoms with van der Waals surface area (Å²) in [6.07, 6.45) is 0. The fourth-order valence-electron chi connectivity index (χ4n) is 1.06. The van der Waals surface area contributed by atoms with E-state index in [1.807, 2.05) is 0 Å². The van der Waals surface area contributed by atoms with Gasteiger partial charge in [-0.3, -0.25) is 4.57 Å². The van der Waals surface area contributed by atoms with Gasteiger partial charge in [0.1, 0.15) is 4.60 Å². The van der Waals surface area contributed by atoms with Gasteiger partial charge in [-0.05, 0) is 41.9 Å². The van der Waals surface area contributed by atoms with Crippen molar-refractivity contribution < 1.29 is 13.6 Å². The third-order valence-electron chi connectivity index (χ3n) is 1.58. The van der Waals surface area contributed by atoms with Gasteiger partial charge < -0.3 is 9.05 Å². The monoisotopic (exact) mass is 293 g/mol. The predicted molar refractivity (Wildman–Crippen MR) is 62.4 cm³/mol. The molecule has 0 spiro atoms. The van der Waals surface area contributed by atoms with Gasteiger partial charge in [0.15, 0.2) is 5.44 Å². The molecule has 0 saturated carbocycles. The van der Waals surface area contributed by atoms with Gasteiger partial charge in [-0.25, -0.2) is 4.98 Å². The zero-order valence-corrected chi connectivity index (χ0v) is 11.1. The molecule has 84 valence electrons. The highest BCUT2D eigenvalue weighted by Gasteiger charge is 2.28. The largest absolute Gasteiger partial charge is 0.379 e. The maximum Gasteiger partial charge on any atom is 0.379 e. The summed E-state index contributed by atoms with van der Waals surface area (Å²) in [5.41, 5.74) is 0.334. The summed E-state index contributed by atoms with van der Waals surface area (Å²) in [6, 6.07) is 5.14. The normalized spacial score (nSPS) is 11.7. The van der Waals surface area contributed by atoms with Crippen LogP contribution in [0.2, 0.25) is 0 Å².